The number of nitrogens with zero attached hydrogens (tertiary/aromatic N) is 1. The Morgan fingerprint density at radius 3 is 2.90 bits per heavy atom. The van der Waals surface area contributed by atoms with Crippen LogP contribution >= 0.6 is 11.8 Å². The van der Waals surface area contributed by atoms with Crippen LogP contribution in [0.2, 0.25) is 0 Å². The van der Waals surface area contributed by atoms with Gasteiger partial charge in [0.05, 0.1) is 13.2 Å². The van der Waals surface area contributed by atoms with E-state index in [-0.39, 0.29) is 5.91 Å². The van der Waals surface area contributed by atoms with Crippen LogP contribution in [0.3, 0.4) is 0 Å². The Kier molecular flexibility index (Phi) is 6.60. The topological polar surface area (TPSA) is 50.7 Å². The molecule has 1 heterocycles. The quantitative estimate of drug-likeness (QED) is 0.784. The van der Waals surface area contributed by atoms with Gasteiger partial charge in [-0.15, -0.1) is 0 Å². The maximum absolute atomic E-state index is 11.6. The zero-order valence-electron chi connectivity index (χ0n) is 11.5. The lowest BCUT2D eigenvalue weighted by Crippen LogP contribution is -2.27. The van der Waals surface area contributed by atoms with E-state index in [1.165, 1.54) is 5.56 Å². The number of ether oxygens (including phenoxy) is 1. The number of amidine groups is 1. The van der Waals surface area contributed by atoms with E-state index >= 15 is 0 Å². The minimum Gasteiger partial charge on any atom is -0.381 e. The Morgan fingerprint density at radius 1 is 1.30 bits per heavy atom. The van der Waals surface area contributed by atoms with E-state index in [0.29, 0.717) is 19.6 Å². The number of hydrogen-bond acceptors (Lipinski definition) is 4. The maximum atomic E-state index is 11.6. The van der Waals surface area contributed by atoms with E-state index in [1.54, 1.807) is 11.8 Å². The number of benzene rings is 1. The summed E-state index contributed by atoms with van der Waals surface area (Å²) < 4.78 is 5.54. The van der Waals surface area contributed by atoms with Crippen molar-refractivity contribution in [2.24, 2.45) is 4.99 Å². The van der Waals surface area contributed by atoms with E-state index in [0.717, 1.165) is 30.3 Å². The van der Waals surface area contributed by atoms with Crippen LogP contribution in [-0.4, -0.2) is 36.6 Å². The number of rotatable bonds is 7. The van der Waals surface area contributed by atoms with Crippen molar-refractivity contribution in [1.82, 2.24) is 5.32 Å². The highest BCUT2D eigenvalue weighted by Gasteiger charge is 2.10. The van der Waals surface area contributed by atoms with Gasteiger partial charge in [-0.05, 0) is 18.4 Å². The summed E-state index contributed by atoms with van der Waals surface area (Å²) in [6.07, 6.45) is 2.16. The molecule has 0 aliphatic carbocycles. The predicted molar refractivity (Wildman–Crippen MR) is 83.1 cm³/mol. The number of carbonyl (C=O) groups excluding carboxylic acids is 1. The Balaban J connectivity index is 1.48. The van der Waals surface area contributed by atoms with Gasteiger partial charge in [-0.2, -0.15) is 0 Å². The third kappa shape index (κ3) is 5.75. The lowest BCUT2D eigenvalue weighted by molar-refractivity contribution is -0.120. The van der Waals surface area contributed by atoms with E-state index in [2.05, 4.69) is 22.4 Å². The van der Waals surface area contributed by atoms with Crippen LogP contribution in [-0.2, 0) is 16.0 Å². The molecule has 1 aromatic carbocycles. The van der Waals surface area contributed by atoms with E-state index < -0.39 is 0 Å². The van der Waals surface area contributed by atoms with Crippen LogP contribution in [0.25, 0.3) is 0 Å². The minimum absolute atomic E-state index is 0.0322. The lowest BCUT2D eigenvalue weighted by atomic mass is 10.2. The van der Waals surface area contributed by atoms with Gasteiger partial charge in [-0.1, -0.05) is 42.1 Å². The predicted octanol–water partition coefficient (Wildman–Crippen LogP) is 2.24. The summed E-state index contributed by atoms with van der Waals surface area (Å²) in [5.41, 5.74) is 1.28. The molecule has 2 rings (SSSR count). The van der Waals surface area contributed by atoms with E-state index in [9.17, 15) is 4.79 Å². The molecule has 0 fully saturated rings. The van der Waals surface area contributed by atoms with Crippen LogP contribution in [0.15, 0.2) is 35.3 Å². The van der Waals surface area contributed by atoms with Crippen LogP contribution in [0, 0.1) is 0 Å². The molecule has 0 aromatic heterocycles. The summed E-state index contributed by atoms with van der Waals surface area (Å²) in [5.74, 6) is 1.00. The highest BCUT2D eigenvalue weighted by molar-refractivity contribution is 8.14. The van der Waals surface area contributed by atoms with Crippen LogP contribution in [0.5, 0.6) is 0 Å². The second kappa shape index (κ2) is 8.76. The summed E-state index contributed by atoms with van der Waals surface area (Å²) in [5, 5.41) is 3.58. The normalized spacial score (nSPS) is 14.1. The van der Waals surface area contributed by atoms with Gasteiger partial charge in [-0.3, -0.25) is 9.79 Å². The van der Waals surface area contributed by atoms with Gasteiger partial charge in [0.25, 0.3) is 0 Å². The van der Waals surface area contributed by atoms with E-state index in [1.807, 2.05) is 18.2 Å². The van der Waals surface area contributed by atoms with Crippen LogP contribution in [0.1, 0.15) is 18.4 Å². The van der Waals surface area contributed by atoms with E-state index in [4.69, 9.17) is 4.74 Å². The molecule has 0 radical (unpaired) electrons. The standard InChI is InChI=1S/C15H20N2O2S/c18-14(17-15-16-9-12-20-15)7-4-10-19-11-8-13-5-2-1-3-6-13/h1-3,5-6H,4,7-12H2,(H,16,17,18). The lowest BCUT2D eigenvalue weighted by Gasteiger charge is -2.05. The Bertz CT molecular complexity index is 448. The van der Waals surface area contributed by atoms with Gasteiger partial charge < -0.3 is 10.1 Å². The number of hydrogen-bond donors (Lipinski definition) is 1. The zero-order valence-corrected chi connectivity index (χ0v) is 12.3. The number of carbonyl (C=O) groups is 1. The van der Waals surface area contributed by atoms with Gasteiger partial charge in [-0.25, -0.2) is 0 Å². The summed E-state index contributed by atoms with van der Waals surface area (Å²) in [6.45, 7) is 2.14. The van der Waals surface area contributed by atoms with Crippen molar-refractivity contribution in [2.45, 2.75) is 19.3 Å². The number of amides is 1. The Morgan fingerprint density at radius 2 is 2.15 bits per heavy atom. The molecule has 0 bridgehead atoms. The summed E-state index contributed by atoms with van der Waals surface area (Å²) >= 11 is 1.60. The van der Waals surface area contributed by atoms with Crippen molar-refractivity contribution in [2.75, 3.05) is 25.5 Å². The maximum Gasteiger partial charge on any atom is 0.226 e. The Hall–Kier alpha value is -1.33. The summed E-state index contributed by atoms with van der Waals surface area (Å²) in [4.78, 5) is 15.8. The molecule has 1 amide bonds. The first-order valence-corrected chi connectivity index (χ1v) is 7.92. The fourth-order valence-corrected chi connectivity index (χ4v) is 2.61. The molecule has 0 unspecified atom stereocenters. The third-order valence-corrected chi connectivity index (χ3v) is 3.79. The van der Waals surface area contributed by atoms with Crippen molar-refractivity contribution in [1.29, 1.82) is 0 Å². The molecule has 0 saturated carbocycles. The molecule has 20 heavy (non-hydrogen) atoms. The molecule has 1 aromatic rings. The first-order valence-electron chi connectivity index (χ1n) is 6.93. The zero-order chi connectivity index (χ0) is 14.0. The first-order chi connectivity index (χ1) is 9.84. The van der Waals surface area contributed by atoms with Gasteiger partial charge >= 0.3 is 0 Å². The SMILES string of the molecule is O=C(CCCOCCc1ccccc1)NC1=NCCS1. The second-order valence-corrected chi connectivity index (χ2v) is 5.62. The van der Waals surface area contributed by atoms with Crippen molar-refractivity contribution in [3.05, 3.63) is 35.9 Å². The van der Waals surface area contributed by atoms with Crippen molar-refractivity contribution in [3.8, 4) is 0 Å². The van der Waals surface area contributed by atoms with Crippen LogP contribution in [0.4, 0.5) is 0 Å². The third-order valence-electron chi connectivity index (χ3n) is 2.90. The Labute approximate surface area is 124 Å². The largest absolute Gasteiger partial charge is 0.381 e. The van der Waals surface area contributed by atoms with Gasteiger partial charge in [0.2, 0.25) is 5.91 Å². The second-order valence-electron chi connectivity index (χ2n) is 4.54. The molecule has 0 atom stereocenters. The minimum atomic E-state index is 0.0322. The first kappa shape index (κ1) is 15.1. The molecule has 108 valence electrons. The summed E-state index contributed by atoms with van der Waals surface area (Å²) in [6, 6.07) is 10.3. The number of aliphatic imine (C=N–C) groups is 1. The van der Waals surface area contributed by atoms with Gasteiger partial charge in [0.1, 0.15) is 0 Å². The summed E-state index contributed by atoms with van der Waals surface area (Å²) in [7, 11) is 0. The molecular formula is C15H20N2O2S. The van der Waals surface area contributed by atoms with Gasteiger partial charge in [0, 0.05) is 18.8 Å². The molecule has 4 nitrogen and oxygen atoms in total. The van der Waals surface area contributed by atoms with Gasteiger partial charge in [0.15, 0.2) is 5.17 Å². The average molecular weight is 292 g/mol. The smallest absolute Gasteiger partial charge is 0.226 e. The molecule has 1 N–H and O–H groups in total. The molecule has 0 spiro atoms. The van der Waals surface area contributed by atoms with Crippen molar-refractivity contribution in [3.63, 3.8) is 0 Å². The highest BCUT2D eigenvalue weighted by atomic mass is 32.2. The molecule has 5 heteroatoms. The average Bonchev–Trinajstić information content (AvgIpc) is 2.96. The number of thioether (sulfide) groups is 1. The molecule has 1 aliphatic heterocycles. The molecule has 0 saturated heterocycles. The van der Waals surface area contributed by atoms with Crippen LogP contribution < -0.4 is 5.32 Å². The van der Waals surface area contributed by atoms with Crippen molar-refractivity contribution >= 4 is 22.8 Å². The van der Waals surface area contributed by atoms with Crippen molar-refractivity contribution < 1.29 is 9.53 Å². The monoisotopic (exact) mass is 292 g/mol. The molecule has 1 aliphatic rings. The highest BCUT2D eigenvalue weighted by Crippen LogP contribution is 2.09. The fraction of sp³-hybridized carbons (Fsp3) is 0.467. The molecular weight excluding hydrogens is 272 g/mol. The number of nitrogens with one attached hydrogen (secondary N) is 1. The fourth-order valence-electron chi connectivity index (χ4n) is 1.86.